The molecule has 2 heterocycles. The van der Waals surface area contributed by atoms with Crippen LogP contribution in [0.4, 0.5) is 0 Å². The minimum atomic E-state index is -0.970. The van der Waals surface area contributed by atoms with Crippen LogP contribution in [0.15, 0.2) is 53.3 Å². The maximum Gasteiger partial charge on any atom is 0.336 e. The van der Waals surface area contributed by atoms with Crippen molar-refractivity contribution in [3.8, 4) is 17.0 Å². The molecular formula is C27H30N4O5. The van der Waals surface area contributed by atoms with Crippen molar-refractivity contribution in [3.05, 3.63) is 75.8 Å². The minimum absolute atomic E-state index is 0.0687. The maximum absolute atomic E-state index is 12.9. The molecule has 0 aliphatic heterocycles. The predicted octanol–water partition coefficient (Wildman–Crippen LogP) is 4.15. The van der Waals surface area contributed by atoms with Crippen molar-refractivity contribution in [2.45, 2.75) is 33.7 Å². The Morgan fingerprint density at radius 2 is 1.81 bits per heavy atom. The van der Waals surface area contributed by atoms with Crippen LogP contribution in [0.1, 0.15) is 42.5 Å². The number of hydrogen-bond donors (Lipinski definition) is 2. The summed E-state index contributed by atoms with van der Waals surface area (Å²) in [5.74, 6) is 0.0480. The Bertz CT molecular complexity index is 1430. The molecule has 0 fully saturated rings. The molecule has 0 spiro atoms. The molecule has 0 radical (unpaired) electrons. The van der Waals surface area contributed by atoms with Gasteiger partial charge in [-0.2, -0.15) is 0 Å². The minimum Gasteiger partial charge on any atom is -0.478 e. The molecular weight excluding hydrogens is 460 g/mol. The van der Waals surface area contributed by atoms with Crippen molar-refractivity contribution in [3.63, 3.8) is 0 Å². The molecule has 0 saturated heterocycles. The summed E-state index contributed by atoms with van der Waals surface area (Å²) >= 11 is 0. The molecule has 0 aliphatic carbocycles. The quantitative estimate of drug-likeness (QED) is 0.338. The number of H-pyrrole nitrogens is 1. The van der Waals surface area contributed by atoms with Gasteiger partial charge in [-0.15, -0.1) is 5.10 Å². The van der Waals surface area contributed by atoms with E-state index in [0.29, 0.717) is 36.2 Å². The third kappa shape index (κ3) is 5.46. The van der Waals surface area contributed by atoms with Crippen LogP contribution < -0.4 is 10.3 Å². The molecule has 2 aromatic carbocycles. The molecule has 2 aromatic heterocycles. The highest BCUT2D eigenvalue weighted by molar-refractivity contribution is 5.96. The molecule has 0 bridgehead atoms. The Morgan fingerprint density at radius 3 is 2.47 bits per heavy atom. The van der Waals surface area contributed by atoms with Crippen LogP contribution in [-0.2, 0) is 17.7 Å². The number of carbonyl (C=O) groups is 1. The Kier molecular flexibility index (Phi) is 7.21. The topological polar surface area (TPSA) is 119 Å². The molecule has 4 rings (SSSR count). The number of aromatic nitrogens is 4. The largest absolute Gasteiger partial charge is 0.478 e. The summed E-state index contributed by atoms with van der Waals surface area (Å²) in [5.41, 5.74) is 3.05. The number of rotatable bonds is 9. The lowest BCUT2D eigenvalue weighted by molar-refractivity contribution is 0.0697. The first-order valence-electron chi connectivity index (χ1n) is 11.7. The van der Waals surface area contributed by atoms with Crippen molar-refractivity contribution < 1.29 is 19.4 Å². The number of aromatic carboxylic acids is 1. The van der Waals surface area contributed by atoms with E-state index in [0.717, 1.165) is 17.0 Å². The van der Waals surface area contributed by atoms with Crippen LogP contribution in [0.5, 0.6) is 5.88 Å². The summed E-state index contributed by atoms with van der Waals surface area (Å²) in [6.45, 7) is 7.42. The first-order valence-corrected chi connectivity index (χ1v) is 11.7. The molecule has 2 N–H and O–H groups in total. The van der Waals surface area contributed by atoms with Crippen molar-refractivity contribution in [1.29, 1.82) is 0 Å². The molecule has 9 nitrogen and oxygen atoms in total. The highest BCUT2D eigenvalue weighted by Crippen LogP contribution is 2.28. The number of nitrogens with one attached hydrogen (secondary N) is 1. The van der Waals surface area contributed by atoms with E-state index >= 15 is 0 Å². The lowest BCUT2D eigenvalue weighted by Crippen LogP contribution is -2.18. The van der Waals surface area contributed by atoms with Gasteiger partial charge in [-0.05, 0) is 28.2 Å². The van der Waals surface area contributed by atoms with Gasteiger partial charge in [0.1, 0.15) is 17.9 Å². The van der Waals surface area contributed by atoms with E-state index in [1.54, 1.807) is 25.3 Å². The van der Waals surface area contributed by atoms with Crippen LogP contribution >= 0.6 is 0 Å². The number of aromatic amines is 1. The van der Waals surface area contributed by atoms with E-state index in [-0.39, 0.29) is 29.0 Å². The van der Waals surface area contributed by atoms with Crippen LogP contribution in [0.2, 0.25) is 0 Å². The van der Waals surface area contributed by atoms with Gasteiger partial charge in [0, 0.05) is 20.1 Å². The average molecular weight is 491 g/mol. The van der Waals surface area contributed by atoms with Crippen molar-refractivity contribution >= 4 is 17.0 Å². The number of benzene rings is 2. The van der Waals surface area contributed by atoms with Crippen molar-refractivity contribution in [2.24, 2.45) is 5.41 Å². The van der Waals surface area contributed by atoms with E-state index < -0.39 is 5.97 Å². The van der Waals surface area contributed by atoms with Crippen LogP contribution in [-0.4, -0.2) is 51.1 Å². The average Bonchev–Trinajstić information content (AvgIpc) is 3.18. The zero-order chi connectivity index (χ0) is 25.9. The van der Waals surface area contributed by atoms with Gasteiger partial charge < -0.3 is 19.1 Å². The summed E-state index contributed by atoms with van der Waals surface area (Å²) in [6, 6.07) is 14.6. The van der Waals surface area contributed by atoms with E-state index in [2.05, 4.69) is 31.0 Å². The number of fused-ring (bicyclic) bond motifs is 1. The third-order valence-corrected chi connectivity index (χ3v) is 5.70. The van der Waals surface area contributed by atoms with Gasteiger partial charge in [0.25, 0.3) is 11.4 Å². The fourth-order valence-electron chi connectivity index (χ4n) is 4.08. The van der Waals surface area contributed by atoms with Crippen LogP contribution in [0.3, 0.4) is 0 Å². The normalized spacial score (nSPS) is 11.7. The van der Waals surface area contributed by atoms with E-state index in [9.17, 15) is 14.7 Å². The second kappa shape index (κ2) is 10.3. The second-order valence-electron chi connectivity index (χ2n) is 9.80. The highest BCUT2D eigenvalue weighted by atomic mass is 16.5. The molecule has 0 atom stereocenters. The van der Waals surface area contributed by atoms with Gasteiger partial charge in [0.15, 0.2) is 5.52 Å². The number of ether oxygens (including phenoxy) is 2. The number of carboxylic acid groups (broad SMARTS) is 1. The van der Waals surface area contributed by atoms with Gasteiger partial charge >= 0.3 is 5.97 Å². The fourth-order valence-corrected chi connectivity index (χ4v) is 4.08. The second-order valence-corrected chi connectivity index (χ2v) is 9.80. The Morgan fingerprint density at radius 1 is 1.08 bits per heavy atom. The summed E-state index contributed by atoms with van der Waals surface area (Å²) in [5, 5.41) is 16.1. The maximum atomic E-state index is 12.9. The van der Waals surface area contributed by atoms with Gasteiger partial charge in [-0.25, -0.2) is 14.9 Å². The van der Waals surface area contributed by atoms with Crippen molar-refractivity contribution in [2.75, 3.05) is 20.3 Å². The summed E-state index contributed by atoms with van der Waals surface area (Å²) < 4.78 is 12.7. The first-order chi connectivity index (χ1) is 17.2. The smallest absolute Gasteiger partial charge is 0.336 e. The Hall–Kier alpha value is -3.98. The number of carboxylic acids is 1. The van der Waals surface area contributed by atoms with Crippen LogP contribution in [0, 0.1) is 5.41 Å². The zero-order valence-electron chi connectivity index (χ0n) is 20.9. The lowest BCUT2D eigenvalue weighted by Gasteiger charge is -2.19. The zero-order valence-corrected chi connectivity index (χ0v) is 20.9. The SMILES string of the molecule is COCCOc1n[nH]c(=O)c2c1nc(CC(C)(C)C)n2Cc1ccc(-c2ccccc2C(=O)O)cc1. The van der Waals surface area contributed by atoms with Gasteiger partial charge in [0.2, 0.25) is 0 Å². The molecule has 4 aromatic rings. The summed E-state index contributed by atoms with van der Waals surface area (Å²) in [4.78, 5) is 29.3. The number of hydrogen-bond acceptors (Lipinski definition) is 6. The fraction of sp³-hybridized carbons (Fsp3) is 0.333. The molecule has 0 aliphatic rings. The number of nitrogens with zero attached hydrogens (tertiary/aromatic N) is 3. The number of methoxy groups -OCH3 is 1. The van der Waals surface area contributed by atoms with Gasteiger partial charge in [-0.3, -0.25) is 4.79 Å². The molecule has 0 unspecified atom stereocenters. The van der Waals surface area contributed by atoms with Gasteiger partial charge in [-0.1, -0.05) is 63.2 Å². The Balaban J connectivity index is 1.74. The molecule has 9 heteroatoms. The molecule has 36 heavy (non-hydrogen) atoms. The van der Waals surface area contributed by atoms with Gasteiger partial charge in [0.05, 0.1) is 12.2 Å². The number of imidazole rings is 1. The van der Waals surface area contributed by atoms with E-state index in [1.807, 2.05) is 34.9 Å². The summed E-state index contributed by atoms with van der Waals surface area (Å²) in [7, 11) is 1.58. The molecule has 188 valence electrons. The predicted molar refractivity (Wildman–Crippen MR) is 137 cm³/mol. The van der Waals surface area contributed by atoms with Crippen molar-refractivity contribution in [1.82, 2.24) is 19.7 Å². The van der Waals surface area contributed by atoms with E-state index in [1.165, 1.54) is 0 Å². The Labute approximate surface area is 208 Å². The third-order valence-electron chi connectivity index (χ3n) is 5.70. The molecule has 0 saturated carbocycles. The molecule has 0 amide bonds. The van der Waals surface area contributed by atoms with E-state index in [4.69, 9.17) is 14.5 Å². The first kappa shape index (κ1) is 25.1. The summed E-state index contributed by atoms with van der Waals surface area (Å²) in [6.07, 6.45) is 0.642. The van der Waals surface area contributed by atoms with Crippen LogP contribution in [0.25, 0.3) is 22.2 Å². The highest BCUT2D eigenvalue weighted by Gasteiger charge is 2.23. The lowest BCUT2D eigenvalue weighted by atomic mass is 9.92. The monoisotopic (exact) mass is 490 g/mol. The standard InChI is InChI=1S/C27H30N4O5/c1-27(2,3)15-21-28-22-23(24(32)29-30-25(22)36-14-13-35-4)31(21)16-17-9-11-18(12-10-17)19-7-5-6-8-20(19)26(33)34/h5-12H,13-16H2,1-4H3,(H,29,32)(H,33,34).